The van der Waals surface area contributed by atoms with E-state index in [9.17, 15) is 4.79 Å². The number of Topliss-reactive ketones (excluding diaryl/α,β-unsaturated/α-hetero) is 1. The smallest absolute Gasteiger partial charge is 0.149 e. The van der Waals surface area contributed by atoms with Gasteiger partial charge in [0, 0.05) is 31.6 Å². The van der Waals surface area contributed by atoms with Crippen molar-refractivity contribution in [3.8, 4) is 0 Å². The molecule has 3 nitrogen and oxygen atoms in total. The molecule has 1 aliphatic rings. The first-order valence-electron chi connectivity index (χ1n) is 7.08. The van der Waals surface area contributed by atoms with Gasteiger partial charge in [-0.25, -0.2) is 0 Å². The highest BCUT2D eigenvalue weighted by Crippen LogP contribution is 2.24. The zero-order valence-corrected chi connectivity index (χ0v) is 12.2. The van der Waals surface area contributed by atoms with Gasteiger partial charge in [-0.1, -0.05) is 44.2 Å². The average Bonchev–Trinajstić information content (AvgIpc) is 2.41. The minimum Gasteiger partial charge on any atom is -0.303 e. The van der Waals surface area contributed by atoms with Gasteiger partial charge in [-0.2, -0.15) is 0 Å². The molecule has 0 amide bonds. The van der Waals surface area contributed by atoms with E-state index in [1.165, 1.54) is 5.56 Å². The number of nitrogens with zero attached hydrogens (tertiary/aromatic N) is 2. The predicted octanol–water partition coefficient (Wildman–Crippen LogP) is 2.20. The largest absolute Gasteiger partial charge is 0.303 e. The predicted molar refractivity (Wildman–Crippen MR) is 78.1 cm³/mol. The summed E-state index contributed by atoms with van der Waals surface area (Å²) in [6.45, 7) is 7.54. The van der Waals surface area contributed by atoms with Crippen LogP contribution in [0.1, 0.15) is 25.5 Å². The Kier molecular flexibility index (Phi) is 4.72. The molecule has 0 saturated carbocycles. The van der Waals surface area contributed by atoms with Crippen LogP contribution < -0.4 is 0 Å². The lowest BCUT2D eigenvalue weighted by molar-refractivity contribution is -0.124. The van der Waals surface area contributed by atoms with Gasteiger partial charge in [0.1, 0.15) is 5.78 Å². The van der Waals surface area contributed by atoms with E-state index in [0.717, 1.165) is 19.6 Å². The number of carbonyl (C=O) groups is 1. The van der Waals surface area contributed by atoms with Crippen molar-refractivity contribution in [1.82, 2.24) is 9.80 Å². The molecule has 0 aliphatic carbocycles. The van der Waals surface area contributed by atoms with Crippen molar-refractivity contribution in [2.24, 2.45) is 5.92 Å². The first kappa shape index (κ1) is 14.2. The number of likely N-dealkylation sites (N-methyl/N-ethyl adjacent to an activating group) is 1. The molecule has 1 aromatic carbocycles. The number of rotatable bonds is 4. The summed E-state index contributed by atoms with van der Waals surface area (Å²) in [5, 5.41) is 0. The molecule has 3 heteroatoms. The van der Waals surface area contributed by atoms with Crippen LogP contribution in [0.25, 0.3) is 0 Å². The summed E-state index contributed by atoms with van der Waals surface area (Å²) in [6, 6.07) is 10.9. The van der Waals surface area contributed by atoms with Crippen LogP contribution in [0.3, 0.4) is 0 Å². The molecule has 19 heavy (non-hydrogen) atoms. The van der Waals surface area contributed by atoms with Crippen molar-refractivity contribution in [1.29, 1.82) is 0 Å². The second kappa shape index (κ2) is 6.31. The summed E-state index contributed by atoms with van der Waals surface area (Å²) in [5.41, 5.74) is 1.31. The third-order valence-electron chi connectivity index (χ3n) is 3.88. The summed E-state index contributed by atoms with van der Waals surface area (Å²) >= 11 is 0. The molecule has 2 rings (SSSR count). The molecule has 1 fully saturated rings. The molecule has 1 atom stereocenters. The molecule has 0 aromatic heterocycles. The fourth-order valence-electron chi connectivity index (χ4n) is 2.52. The molecule has 0 spiro atoms. The summed E-state index contributed by atoms with van der Waals surface area (Å²) in [7, 11) is 2.15. The van der Waals surface area contributed by atoms with Crippen molar-refractivity contribution in [3.63, 3.8) is 0 Å². The lowest BCUT2D eigenvalue weighted by Crippen LogP contribution is -2.48. The van der Waals surface area contributed by atoms with Crippen LogP contribution in [0, 0.1) is 5.92 Å². The van der Waals surface area contributed by atoms with E-state index >= 15 is 0 Å². The maximum atomic E-state index is 12.0. The minimum atomic E-state index is 0.121. The highest BCUT2D eigenvalue weighted by Gasteiger charge is 2.28. The SMILES string of the molecule is CC(C)C(=O)CN1CCN(C)CC1c1ccccc1. The number of ketones is 1. The highest BCUT2D eigenvalue weighted by atomic mass is 16.1. The van der Waals surface area contributed by atoms with E-state index < -0.39 is 0 Å². The van der Waals surface area contributed by atoms with Gasteiger partial charge in [0.2, 0.25) is 0 Å². The number of hydrogen-bond donors (Lipinski definition) is 0. The molecule has 1 aromatic rings. The highest BCUT2D eigenvalue weighted by molar-refractivity contribution is 5.82. The molecular formula is C16H24N2O. The van der Waals surface area contributed by atoms with Crippen LogP contribution in [0.5, 0.6) is 0 Å². The van der Waals surface area contributed by atoms with Crippen molar-refractivity contribution < 1.29 is 4.79 Å². The summed E-state index contributed by atoms with van der Waals surface area (Å²) in [6.07, 6.45) is 0. The zero-order chi connectivity index (χ0) is 13.8. The third-order valence-corrected chi connectivity index (χ3v) is 3.88. The quantitative estimate of drug-likeness (QED) is 0.829. The minimum absolute atomic E-state index is 0.121. The van der Waals surface area contributed by atoms with Crippen LogP contribution in [-0.4, -0.2) is 48.8 Å². The van der Waals surface area contributed by atoms with E-state index in [4.69, 9.17) is 0 Å². The van der Waals surface area contributed by atoms with Crippen molar-refractivity contribution >= 4 is 5.78 Å². The maximum absolute atomic E-state index is 12.0. The Morgan fingerprint density at radius 2 is 1.95 bits per heavy atom. The molecular weight excluding hydrogens is 236 g/mol. The fourth-order valence-corrected chi connectivity index (χ4v) is 2.52. The number of piperazine rings is 1. The zero-order valence-electron chi connectivity index (χ0n) is 12.2. The monoisotopic (exact) mass is 260 g/mol. The number of carbonyl (C=O) groups excluding carboxylic acids is 1. The first-order valence-corrected chi connectivity index (χ1v) is 7.08. The lowest BCUT2D eigenvalue weighted by Gasteiger charge is -2.40. The van der Waals surface area contributed by atoms with Crippen LogP contribution >= 0.6 is 0 Å². The van der Waals surface area contributed by atoms with Crippen molar-refractivity contribution in [2.75, 3.05) is 33.2 Å². The first-order chi connectivity index (χ1) is 9.08. The Balaban J connectivity index is 2.13. The Morgan fingerprint density at radius 3 is 2.58 bits per heavy atom. The Hall–Kier alpha value is -1.19. The molecule has 1 heterocycles. The molecule has 1 unspecified atom stereocenters. The molecule has 0 N–H and O–H groups in total. The molecule has 1 saturated heterocycles. The third kappa shape index (κ3) is 3.64. The van der Waals surface area contributed by atoms with Crippen LogP contribution in [0.2, 0.25) is 0 Å². The second-order valence-corrected chi connectivity index (χ2v) is 5.78. The van der Waals surface area contributed by atoms with Crippen LogP contribution in [-0.2, 0) is 4.79 Å². The Morgan fingerprint density at radius 1 is 1.26 bits per heavy atom. The molecule has 0 bridgehead atoms. The second-order valence-electron chi connectivity index (χ2n) is 5.78. The summed E-state index contributed by atoms with van der Waals surface area (Å²) in [5.74, 6) is 0.460. The van der Waals surface area contributed by atoms with Gasteiger partial charge in [-0.15, -0.1) is 0 Å². The van der Waals surface area contributed by atoms with Gasteiger partial charge in [0.15, 0.2) is 0 Å². The summed E-state index contributed by atoms with van der Waals surface area (Å²) < 4.78 is 0. The van der Waals surface area contributed by atoms with Gasteiger partial charge in [-0.05, 0) is 12.6 Å². The van der Waals surface area contributed by atoms with Gasteiger partial charge < -0.3 is 4.90 Å². The van der Waals surface area contributed by atoms with E-state index in [-0.39, 0.29) is 5.92 Å². The number of benzene rings is 1. The molecule has 0 radical (unpaired) electrons. The van der Waals surface area contributed by atoms with Gasteiger partial charge >= 0.3 is 0 Å². The van der Waals surface area contributed by atoms with Gasteiger partial charge in [0.05, 0.1) is 6.54 Å². The van der Waals surface area contributed by atoms with Gasteiger partial charge in [0.25, 0.3) is 0 Å². The normalized spacial score (nSPS) is 21.8. The van der Waals surface area contributed by atoms with E-state index in [1.807, 2.05) is 19.9 Å². The van der Waals surface area contributed by atoms with Crippen molar-refractivity contribution in [3.05, 3.63) is 35.9 Å². The average molecular weight is 260 g/mol. The van der Waals surface area contributed by atoms with E-state index in [1.54, 1.807) is 0 Å². The Bertz CT molecular complexity index is 416. The Labute approximate surface area is 116 Å². The van der Waals surface area contributed by atoms with Crippen molar-refractivity contribution in [2.45, 2.75) is 19.9 Å². The maximum Gasteiger partial charge on any atom is 0.149 e. The van der Waals surface area contributed by atoms with Crippen LogP contribution in [0.15, 0.2) is 30.3 Å². The van der Waals surface area contributed by atoms with Gasteiger partial charge in [-0.3, -0.25) is 9.69 Å². The van der Waals surface area contributed by atoms with E-state index in [0.29, 0.717) is 18.4 Å². The summed E-state index contributed by atoms with van der Waals surface area (Å²) in [4.78, 5) is 16.7. The molecule has 104 valence electrons. The van der Waals surface area contributed by atoms with Crippen LogP contribution in [0.4, 0.5) is 0 Å². The molecule has 1 aliphatic heterocycles. The topological polar surface area (TPSA) is 23.6 Å². The number of hydrogen-bond acceptors (Lipinski definition) is 3. The standard InChI is InChI=1S/C16H24N2O/c1-13(2)16(19)12-18-10-9-17(3)11-15(18)14-7-5-4-6-8-14/h4-8,13,15H,9-12H2,1-3H3. The van der Waals surface area contributed by atoms with E-state index in [2.05, 4.69) is 41.1 Å². The fraction of sp³-hybridized carbons (Fsp3) is 0.562. The lowest BCUT2D eigenvalue weighted by atomic mass is 10.0.